The first-order valence-corrected chi connectivity index (χ1v) is 9.38. The first kappa shape index (κ1) is 20.8. The summed E-state index contributed by atoms with van der Waals surface area (Å²) in [5.74, 6) is 0.145. The number of carbonyl (C=O) groups is 2. The van der Waals surface area contributed by atoms with Crippen molar-refractivity contribution in [3.63, 3.8) is 0 Å². The number of hydrogen-bond donors (Lipinski definition) is 1. The summed E-state index contributed by atoms with van der Waals surface area (Å²) in [6.07, 6.45) is 0.664. The number of amides is 2. The Morgan fingerprint density at radius 1 is 1.11 bits per heavy atom. The molecule has 0 spiro atoms. The Kier molecular flexibility index (Phi) is 8.14. The van der Waals surface area contributed by atoms with Crippen LogP contribution in [0.4, 0.5) is 0 Å². The lowest BCUT2D eigenvalue weighted by Crippen LogP contribution is -2.50. The number of ether oxygens (including phenoxy) is 1. The molecule has 0 bridgehead atoms. The third-order valence-corrected chi connectivity index (χ3v) is 4.43. The standard InChI is InChI=1S/C21H25ClN2O3/c1-3-23-21(26)16(2)24(14-13-17-7-5-4-6-8-17)20(25)15-27-19-11-9-18(22)10-12-19/h4-12,16H,3,13-15H2,1-2H3,(H,23,26)/t16-/m1/s1. The molecule has 0 aliphatic carbocycles. The van der Waals surface area contributed by atoms with E-state index in [-0.39, 0.29) is 18.4 Å². The average Bonchev–Trinajstić information content (AvgIpc) is 2.68. The molecule has 0 aliphatic rings. The van der Waals surface area contributed by atoms with Gasteiger partial charge >= 0.3 is 0 Å². The van der Waals surface area contributed by atoms with Gasteiger partial charge in [0.1, 0.15) is 11.8 Å². The van der Waals surface area contributed by atoms with E-state index in [1.807, 2.05) is 37.3 Å². The smallest absolute Gasteiger partial charge is 0.261 e. The zero-order valence-electron chi connectivity index (χ0n) is 15.7. The zero-order valence-corrected chi connectivity index (χ0v) is 16.4. The second-order valence-electron chi connectivity index (χ2n) is 6.14. The Morgan fingerprint density at radius 3 is 2.41 bits per heavy atom. The summed E-state index contributed by atoms with van der Waals surface area (Å²) in [6.45, 7) is 4.40. The summed E-state index contributed by atoms with van der Waals surface area (Å²) in [6, 6.07) is 16.1. The van der Waals surface area contributed by atoms with Crippen LogP contribution in [0.5, 0.6) is 5.75 Å². The van der Waals surface area contributed by atoms with E-state index >= 15 is 0 Å². The third-order valence-electron chi connectivity index (χ3n) is 4.18. The SMILES string of the molecule is CCNC(=O)[C@@H](C)N(CCc1ccccc1)C(=O)COc1ccc(Cl)cc1. The predicted octanol–water partition coefficient (Wildman–Crippen LogP) is 3.31. The molecule has 2 aromatic rings. The molecule has 2 amide bonds. The van der Waals surface area contributed by atoms with E-state index < -0.39 is 6.04 Å². The number of nitrogens with one attached hydrogen (secondary N) is 1. The van der Waals surface area contributed by atoms with Gasteiger partial charge in [0.15, 0.2) is 6.61 Å². The fourth-order valence-corrected chi connectivity index (χ4v) is 2.78. The number of carbonyl (C=O) groups excluding carboxylic acids is 2. The highest BCUT2D eigenvalue weighted by atomic mass is 35.5. The summed E-state index contributed by atoms with van der Waals surface area (Å²) in [7, 11) is 0. The Balaban J connectivity index is 2.03. The number of halogens is 1. The maximum Gasteiger partial charge on any atom is 0.261 e. The highest BCUT2D eigenvalue weighted by Gasteiger charge is 2.25. The van der Waals surface area contributed by atoms with Gasteiger partial charge in [0.05, 0.1) is 0 Å². The molecule has 0 radical (unpaired) electrons. The normalized spacial score (nSPS) is 11.5. The molecule has 6 heteroatoms. The maximum absolute atomic E-state index is 12.7. The summed E-state index contributed by atoms with van der Waals surface area (Å²) in [4.78, 5) is 26.6. The molecular weight excluding hydrogens is 364 g/mol. The van der Waals surface area contributed by atoms with Gasteiger partial charge in [-0.3, -0.25) is 9.59 Å². The van der Waals surface area contributed by atoms with E-state index in [1.165, 1.54) is 0 Å². The summed E-state index contributed by atoms with van der Waals surface area (Å²) < 4.78 is 5.56. The lowest BCUT2D eigenvalue weighted by atomic mass is 10.1. The predicted molar refractivity (Wildman–Crippen MR) is 107 cm³/mol. The van der Waals surface area contributed by atoms with E-state index in [0.29, 0.717) is 30.3 Å². The third kappa shape index (κ3) is 6.61. The fourth-order valence-electron chi connectivity index (χ4n) is 2.65. The van der Waals surface area contributed by atoms with Crippen molar-refractivity contribution in [2.75, 3.05) is 19.7 Å². The molecule has 2 aromatic carbocycles. The van der Waals surface area contributed by atoms with Crippen LogP contribution in [0.3, 0.4) is 0 Å². The molecule has 0 saturated carbocycles. The highest BCUT2D eigenvalue weighted by molar-refractivity contribution is 6.30. The number of hydrogen-bond acceptors (Lipinski definition) is 3. The molecule has 0 aromatic heterocycles. The number of benzene rings is 2. The molecule has 27 heavy (non-hydrogen) atoms. The molecule has 1 N–H and O–H groups in total. The van der Waals surface area contributed by atoms with E-state index in [4.69, 9.17) is 16.3 Å². The Bertz CT molecular complexity index is 735. The van der Waals surface area contributed by atoms with Crippen LogP contribution in [-0.2, 0) is 16.0 Å². The van der Waals surface area contributed by atoms with Gasteiger partial charge in [0.2, 0.25) is 5.91 Å². The van der Waals surface area contributed by atoms with Gasteiger partial charge in [0, 0.05) is 18.1 Å². The number of rotatable bonds is 9. The lowest BCUT2D eigenvalue weighted by Gasteiger charge is -2.28. The zero-order chi connectivity index (χ0) is 19.6. The molecule has 0 unspecified atom stereocenters. The van der Waals surface area contributed by atoms with Crippen LogP contribution in [0.25, 0.3) is 0 Å². The van der Waals surface area contributed by atoms with E-state index in [1.54, 1.807) is 36.1 Å². The Morgan fingerprint density at radius 2 is 1.78 bits per heavy atom. The van der Waals surface area contributed by atoms with Crippen molar-refractivity contribution in [1.82, 2.24) is 10.2 Å². The van der Waals surface area contributed by atoms with Gasteiger partial charge in [-0.25, -0.2) is 0 Å². The van der Waals surface area contributed by atoms with Crippen LogP contribution >= 0.6 is 11.6 Å². The molecule has 1 atom stereocenters. The van der Waals surface area contributed by atoms with Crippen molar-refractivity contribution in [2.45, 2.75) is 26.3 Å². The van der Waals surface area contributed by atoms with Gasteiger partial charge in [-0.05, 0) is 50.1 Å². The van der Waals surface area contributed by atoms with Crippen LogP contribution in [-0.4, -0.2) is 42.5 Å². The quantitative estimate of drug-likeness (QED) is 0.716. The van der Waals surface area contributed by atoms with Crippen molar-refractivity contribution in [3.05, 3.63) is 65.2 Å². The monoisotopic (exact) mass is 388 g/mol. The summed E-state index contributed by atoms with van der Waals surface area (Å²) in [5, 5.41) is 3.37. The van der Waals surface area contributed by atoms with E-state index in [0.717, 1.165) is 5.56 Å². The molecule has 0 saturated heterocycles. The molecule has 2 rings (SSSR count). The second-order valence-corrected chi connectivity index (χ2v) is 6.57. The summed E-state index contributed by atoms with van der Waals surface area (Å²) >= 11 is 5.86. The van der Waals surface area contributed by atoms with Crippen molar-refractivity contribution in [3.8, 4) is 5.75 Å². The molecule has 5 nitrogen and oxygen atoms in total. The number of likely N-dealkylation sites (N-methyl/N-ethyl adjacent to an activating group) is 1. The largest absolute Gasteiger partial charge is 0.484 e. The first-order valence-electron chi connectivity index (χ1n) is 9.00. The fraction of sp³-hybridized carbons (Fsp3) is 0.333. The van der Waals surface area contributed by atoms with Gasteiger partial charge in [0.25, 0.3) is 5.91 Å². The van der Waals surface area contributed by atoms with Crippen LogP contribution in [0, 0.1) is 0 Å². The minimum Gasteiger partial charge on any atom is -0.484 e. The van der Waals surface area contributed by atoms with Crippen LogP contribution in [0.2, 0.25) is 5.02 Å². The van der Waals surface area contributed by atoms with E-state index in [2.05, 4.69) is 5.32 Å². The van der Waals surface area contributed by atoms with Crippen LogP contribution < -0.4 is 10.1 Å². The maximum atomic E-state index is 12.7. The molecule has 0 heterocycles. The van der Waals surface area contributed by atoms with Gasteiger partial charge < -0.3 is 15.0 Å². The van der Waals surface area contributed by atoms with Crippen LogP contribution in [0.1, 0.15) is 19.4 Å². The summed E-state index contributed by atoms with van der Waals surface area (Å²) in [5.41, 5.74) is 1.11. The Labute approximate surface area is 165 Å². The van der Waals surface area contributed by atoms with Crippen molar-refractivity contribution >= 4 is 23.4 Å². The van der Waals surface area contributed by atoms with Crippen molar-refractivity contribution in [2.24, 2.45) is 0 Å². The topological polar surface area (TPSA) is 58.6 Å². The van der Waals surface area contributed by atoms with Gasteiger partial charge in [-0.2, -0.15) is 0 Å². The molecular formula is C21H25ClN2O3. The van der Waals surface area contributed by atoms with Gasteiger partial charge in [-0.1, -0.05) is 41.9 Å². The lowest BCUT2D eigenvalue weighted by molar-refractivity contribution is -0.141. The molecule has 0 aliphatic heterocycles. The van der Waals surface area contributed by atoms with Crippen molar-refractivity contribution < 1.29 is 14.3 Å². The van der Waals surface area contributed by atoms with Crippen LogP contribution in [0.15, 0.2) is 54.6 Å². The second kappa shape index (κ2) is 10.6. The van der Waals surface area contributed by atoms with Crippen molar-refractivity contribution in [1.29, 1.82) is 0 Å². The first-order chi connectivity index (χ1) is 13.0. The molecule has 0 fully saturated rings. The average molecular weight is 389 g/mol. The van der Waals surface area contributed by atoms with Gasteiger partial charge in [-0.15, -0.1) is 0 Å². The highest BCUT2D eigenvalue weighted by Crippen LogP contribution is 2.16. The molecule has 144 valence electrons. The minimum atomic E-state index is -0.574. The Hall–Kier alpha value is -2.53. The number of nitrogens with zero attached hydrogens (tertiary/aromatic N) is 1. The minimum absolute atomic E-state index is 0.139. The van der Waals surface area contributed by atoms with E-state index in [9.17, 15) is 9.59 Å².